The Morgan fingerprint density at radius 2 is 2.28 bits per heavy atom. The average Bonchev–Trinajstić information content (AvgIpc) is 2.82. The molecular weight excluding hydrogens is 231 g/mol. The third-order valence-corrected chi connectivity index (χ3v) is 2.53. The topological polar surface area (TPSA) is 42.7 Å². The van der Waals surface area contributed by atoms with Crippen LogP contribution in [0, 0.1) is 11.7 Å². The van der Waals surface area contributed by atoms with E-state index in [1.165, 1.54) is 12.3 Å². The van der Waals surface area contributed by atoms with Crippen LogP contribution >= 0.6 is 0 Å². The molecule has 0 saturated carbocycles. The third-order valence-electron chi connectivity index (χ3n) is 2.53. The van der Waals surface area contributed by atoms with Crippen LogP contribution in [0.15, 0.2) is 31.0 Å². The molecule has 2 rings (SSSR count). The maximum atomic E-state index is 13.3. The molecule has 4 nitrogen and oxygen atoms in total. The summed E-state index contributed by atoms with van der Waals surface area (Å²) in [6, 6.07) is 1.51. The number of nitrogens with one attached hydrogen (secondary N) is 1. The number of hydrogen-bond donors (Lipinski definition) is 1. The van der Waals surface area contributed by atoms with Crippen LogP contribution in [0.4, 0.5) is 4.39 Å². The van der Waals surface area contributed by atoms with E-state index < -0.39 is 0 Å². The Balaban J connectivity index is 2.19. The van der Waals surface area contributed by atoms with Crippen molar-refractivity contribution in [3.05, 3.63) is 42.4 Å². The van der Waals surface area contributed by atoms with Crippen LogP contribution in [-0.2, 0) is 6.54 Å². The SMILES string of the molecule is CC(C)CNCc1cc(F)cnc1-n1ccnc1. The lowest BCUT2D eigenvalue weighted by atomic mass is 10.2. The van der Waals surface area contributed by atoms with Gasteiger partial charge < -0.3 is 5.32 Å². The fraction of sp³-hybridized carbons (Fsp3) is 0.385. The lowest BCUT2D eigenvalue weighted by Gasteiger charge is -2.11. The van der Waals surface area contributed by atoms with E-state index in [1.54, 1.807) is 23.3 Å². The summed E-state index contributed by atoms with van der Waals surface area (Å²) in [6.45, 7) is 5.75. The Hall–Kier alpha value is -1.75. The Morgan fingerprint density at radius 1 is 1.44 bits per heavy atom. The van der Waals surface area contributed by atoms with E-state index in [1.807, 2.05) is 0 Å². The zero-order valence-corrected chi connectivity index (χ0v) is 10.6. The van der Waals surface area contributed by atoms with Gasteiger partial charge in [0, 0.05) is 24.5 Å². The molecule has 5 heteroatoms. The molecule has 2 aromatic rings. The first kappa shape index (κ1) is 12.7. The molecule has 0 radical (unpaired) electrons. The van der Waals surface area contributed by atoms with E-state index in [2.05, 4.69) is 29.1 Å². The van der Waals surface area contributed by atoms with E-state index >= 15 is 0 Å². The summed E-state index contributed by atoms with van der Waals surface area (Å²) in [5, 5.41) is 3.29. The van der Waals surface area contributed by atoms with Crippen LogP contribution in [0.5, 0.6) is 0 Å². The Morgan fingerprint density at radius 3 is 2.94 bits per heavy atom. The minimum atomic E-state index is -0.319. The van der Waals surface area contributed by atoms with Gasteiger partial charge in [-0.15, -0.1) is 0 Å². The molecule has 1 N–H and O–H groups in total. The molecule has 0 unspecified atom stereocenters. The molecule has 0 aliphatic carbocycles. The van der Waals surface area contributed by atoms with Crippen LogP contribution in [0.3, 0.4) is 0 Å². The Labute approximate surface area is 106 Å². The Kier molecular flexibility index (Phi) is 4.04. The van der Waals surface area contributed by atoms with Crippen molar-refractivity contribution in [2.75, 3.05) is 6.54 Å². The van der Waals surface area contributed by atoms with Gasteiger partial charge in [-0.1, -0.05) is 13.8 Å². The second-order valence-electron chi connectivity index (χ2n) is 4.63. The summed E-state index contributed by atoms with van der Waals surface area (Å²) < 4.78 is 15.0. The largest absolute Gasteiger partial charge is 0.312 e. The van der Waals surface area contributed by atoms with Gasteiger partial charge in [0.05, 0.1) is 6.20 Å². The molecule has 2 heterocycles. The standard InChI is InChI=1S/C13H17FN4/c1-10(2)6-16-7-11-5-12(14)8-17-13(11)18-4-3-15-9-18/h3-5,8-10,16H,6-7H2,1-2H3. The van der Waals surface area contributed by atoms with E-state index in [4.69, 9.17) is 0 Å². The van der Waals surface area contributed by atoms with Crippen molar-refractivity contribution in [2.45, 2.75) is 20.4 Å². The van der Waals surface area contributed by atoms with Crippen LogP contribution in [0.2, 0.25) is 0 Å². The molecule has 0 aromatic carbocycles. The smallest absolute Gasteiger partial charge is 0.142 e. The second kappa shape index (κ2) is 5.73. The van der Waals surface area contributed by atoms with Crippen LogP contribution in [0.1, 0.15) is 19.4 Å². The highest BCUT2D eigenvalue weighted by Gasteiger charge is 2.07. The van der Waals surface area contributed by atoms with Gasteiger partial charge in [0.1, 0.15) is 18.0 Å². The number of halogens is 1. The minimum absolute atomic E-state index is 0.319. The van der Waals surface area contributed by atoms with Crippen molar-refractivity contribution in [1.82, 2.24) is 19.9 Å². The molecule has 0 aliphatic heterocycles. The van der Waals surface area contributed by atoms with E-state index in [-0.39, 0.29) is 5.82 Å². The van der Waals surface area contributed by atoms with Crippen molar-refractivity contribution in [3.63, 3.8) is 0 Å². The van der Waals surface area contributed by atoms with E-state index in [9.17, 15) is 4.39 Å². The van der Waals surface area contributed by atoms with Gasteiger partial charge in [-0.05, 0) is 18.5 Å². The number of rotatable bonds is 5. The van der Waals surface area contributed by atoms with E-state index in [0.717, 1.165) is 12.1 Å². The molecule has 0 saturated heterocycles. The second-order valence-corrected chi connectivity index (χ2v) is 4.63. The highest BCUT2D eigenvalue weighted by molar-refractivity contribution is 5.33. The third kappa shape index (κ3) is 3.13. The lowest BCUT2D eigenvalue weighted by Crippen LogP contribution is -2.20. The highest BCUT2D eigenvalue weighted by atomic mass is 19.1. The first-order chi connectivity index (χ1) is 8.66. The normalized spacial score (nSPS) is 11.1. The molecule has 0 spiro atoms. The van der Waals surface area contributed by atoms with Crippen molar-refractivity contribution >= 4 is 0 Å². The van der Waals surface area contributed by atoms with Gasteiger partial charge >= 0.3 is 0 Å². The number of imidazole rings is 1. The molecular formula is C13H17FN4. The van der Waals surface area contributed by atoms with Crippen LogP contribution in [0.25, 0.3) is 5.82 Å². The van der Waals surface area contributed by atoms with Crippen molar-refractivity contribution in [3.8, 4) is 5.82 Å². The molecule has 0 aliphatic rings. The number of pyridine rings is 1. The molecule has 96 valence electrons. The van der Waals surface area contributed by atoms with Gasteiger partial charge in [-0.3, -0.25) is 4.57 Å². The highest BCUT2D eigenvalue weighted by Crippen LogP contribution is 2.12. The zero-order valence-electron chi connectivity index (χ0n) is 10.6. The molecule has 0 bridgehead atoms. The number of nitrogens with zero attached hydrogens (tertiary/aromatic N) is 3. The maximum absolute atomic E-state index is 13.3. The summed E-state index contributed by atoms with van der Waals surface area (Å²) in [4.78, 5) is 8.11. The summed E-state index contributed by atoms with van der Waals surface area (Å²) in [5.41, 5.74) is 0.827. The zero-order chi connectivity index (χ0) is 13.0. The van der Waals surface area contributed by atoms with Gasteiger partial charge in [-0.25, -0.2) is 14.4 Å². The summed E-state index contributed by atoms with van der Waals surface area (Å²) in [7, 11) is 0. The lowest BCUT2D eigenvalue weighted by molar-refractivity contribution is 0.547. The summed E-state index contributed by atoms with van der Waals surface area (Å²) >= 11 is 0. The fourth-order valence-electron chi connectivity index (χ4n) is 1.72. The van der Waals surface area contributed by atoms with Crippen LogP contribution < -0.4 is 5.32 Å². The molecule has 0 atom stereocenters. The monoisotopic (exact) mass is 248 g/mol. The predicted octanol–water partition coefficient (Wildman–Crippen LogP) is 2.15. The van der Waals surface area contributed by atoms with Gasteiger partial charge in [0.2, 0.25) is 0 Å². The summed E-state index contributed by atoms with van der Waals surface area (Å²) in [5.74, 6) is 0.952. The first-order valence-corrected chi connectivity index (χ1v) is 6.00. The number of hydrogen-bond acceptors (Lipinski definition) is 3. The average molecular weight is 248 g/mol. The maximum Gasteiger partial charge on any atom is 0.142 e. The summed E-state index contributed by atoms with van der Waals surface area (Å²) in [6.07, 6.45) is 6.36. The van der Waals surface area contributed by atoms with Crippen molar-refractivity contribution in [2.24, 2.45) is 5.92 Å². The Bertz CT molecular complexity index is 494. The van der Waals surface area contributed by atoms with Gasteiger partial charge in [-0.2, -0.15) is 0 Å². The molecule has 2 aromatic heterocycles. The quantitative estimate of drug-likeness (QED) is 0.881. The van der Waals surface area contributed by atoms with Gasteiger partial charge in [0.15, 0.2) is 0 Å². The molecule has 0 amide bonds. The fourth-order valence-corrected chi connectivity index (χ4v) is 1.72. The number of aromatic nitrogens is 3. The van der Waals surface area contributed by atoms with E-state index in [0.29, 0.717) is 18.3 Å². The van der Waals surface area contributed by atoms with Crippen molar-refractivity contribution < 1.29 is 4.39 Å². The van der Waals surface area contributed by atoms with Crippen LogP contribution in [-0.4, -0.2) is 21.1 Å². The molecule has 18 heavy (non-hydrogen) atoms. The minimum Gasteiger partial charge on any atom is -0.312 e. The first-order valence-electron chi connectivity index (χ1n) is 6.00. The van der Waals surface area contributed by atoms with Crippen molar-refractivity contribution in [1.29, 1.82) is 0 Å². The molecule has 0 fully saturated rings. The predicted molar refractivity (Wildman–Crippen MR) is 67.9 cm³/mol. The van der Waals surface area contributed by atoms with Gasteiger partial charge in [0.25, 0.3) is 0 Å².